The summed E-state index contributed by atoms with van der Waals surface area (Å²) in [6.07, 6.45) is -0.806. The van der Waals surface area contributed by atoms with Crippen LogP contribution in [-0.4, -0.2) is 19.0 Å². The first-order valence-electron chi connectivity index (χ1n) is 13.8. The van der Waals surface area contributed by atoms with Crippen molar-refractivity contribution >= 4 is 33.0 Å². The van der Waals surface area contributed by atoms with Gasteiger partial charge in [0.15, 0.2) is 5.78 Å². The van der Waals surface area contributed by atoms with Crippen molar-refractivity contribution < 1.29 is 14.3 Å². The topological polar surface area (TPSA) is 47.6 Å². The van der Waals surface area contributed by atoms with Crippen molar-refractivity contribution in [3.63, 3.8) is 0 Å². The summed E-state index contributed by atoms with van der Waals surface area (Å²) in [4.78, 5) is 14.2. The lowest BCUT2D eigenvalue weighted by molar-refractivity contribution is 0.0267. The van der Waals surface area contributed by atoms with Crippen LogP contribution in [0.3, 0.4) is 0 Å². The monoisotopic (exact) mass is 537 g/mol. The molecule has 0 heterocycles. The number of nitrogens with one attached hydrogen (secondary N) is 1. The smallest absolute Gasteiger partial charge is 0.194 e. The van der Waals surface area contributed by atoms with Crippen LogP contribution in [0.25, 0.3) is 21.5 Å². The Labute approximate surface area is 240 Å². The summed E-state index contributed by atoms with van der Waals surface area (Å²) in [6.45, 7) is 0.277. The molecule has 6 aromatic rings. The van der Waals surface area contributed by atoms with Crippen LogP contribution in [0.4, 0.5) is 5.69 Å². The van der Waals surface area contributed by atoms with E-state index in [9.17, 15) is 4.79 Å². The summed E-state index contributed by atoms with van der Waals surface area (Å²) < 4.78 is 12.1. The van der Waals surface area contributed by atoms with Crippen LogP contribution in [0.5, 0.6) is 5.75 Å². The fourth-order valence-corrected chi connectivity index (χ4v) is 5.39. The first-order valence-corrected chi connectivity index (χ1v) is 13.8. The molecule has 0 aromatic heterocycles. The van der Waals surface area contributed by atoms with Crippen LogP contribution in [0, 0.1) is 0 Å². The normalized spacial score (nSPS) is 12.6. The molecule has 2 atom stereocenters. The van der Waals surface area contributed by atoms with E-state index in [2.05, 4.69) is 35.6 Å². The van der Waals surface area contributed by atoms with Gasteiger partial charge in [0, 0.05) is 11.3 Å². The quantitative estimate of drug-likeness (QED) is 0.140. The van der Waals surface area contributed by atoms with Gasteiger partial charge >= 0.3 is 0 Å². The van der Waals surface area contributed by atoms with Crippen molar-refractivity contribution in [3.05, 3.63) is 156 Å². The number of anilines is 1. The summed E-state index contributed by atoms with van der Waals surface area (Å²) in [5.74, 6) is 0.688. The van der Waals surface area contributed by atoms with Gasteiger partial charge in [-0.1, -0.05) is 109 Å². The largest absolute Gasteiger partial charge is 0.497 e. The minimum absolute atomic E-state index is 0.0787. The fraction of sp³-hybridized carbons (Fsp3) is 0.108. The lowest BCUT2D eigenvalue weighted by Gasteiger charge is -2.29. The van der Waals surface area contributed by atoms with Crippen molar-refractivity contribution in [1.82, 2.24) is 0 Å². The molecular weight excluding hydrogens is 506 g/mol. The zero-order valence-electron chi connectivity index (χ0n) is 22.9. The predicted molar refractivity (Wildman–Crippen MR) is 167 cm³/mol. The number of carbonyl (C=O) groups excluding carboxylic acids is 1. The number of hydrogen-bond donors (Lipinski definition) is 1. The van der Waals surface area contributed by atoms with Crippen LogP contribution in [0.15, 0.2) is 140 Å². The van der Waals surface area contributed by atoms with Gasteiger partial charge in [-0.25, -0.2) is 0 Å². The Morgan fingerprint density at radius 2 is 1.24 bits per heavy atom. The molecule has 0 aliphatic carbocycles. The first kappa shape index (κ1) is 26.3. The van der Waals surface area contributed by atoms with E-state index in [1.807, 2.05) is 109 Å². The highest BCUT2D eigenvalue weighted by Crippen LogP contribution is 2.33. The number of carbonyl (C=O) groups is 1. The van der Waals surface area contributed by atoms with Gasteiger partial charge in [-0.2, -0.15) is 0 Å². The van der Waals surface area contributed by atoms with Crippen LogP contribution >= 0.6 is 0 Å². The maximum atomic E-state index is 14.2. The Morgan fingerprint density at radius 3 is 1.85 bits per heavy atom. The van der Waals surface area contributed by atoms with Crippen molar-refractivity contribution in [2.45, 2.75) is 18.8 Å². The summed E-state index contributed by atoms with van der Waals surface area (Å²) in [5, 5.41) is 8.14. The van der Waals surface area contributed by atoms with E-state index >= 15 is 0 Å². The average molecular weight is 538 g/mol. The Bertz CT molecular complexity index is 1710. The van der Waals surface area contributed by atoms with Crippen LogP contribution in [0.2, 0.25) is 0 Å². The third-order valence-electron chi connectivity index (χ3n) is 7.48. The number of benzene rings is 6. The maximum absolute atomic E-state index is 14.2. The van der Waals surface area contributed by atoms with Gasteiger partial charge in [0.1, 0.15) is 11.9 Å². The molecule has 202 valence electrons. The lowest BCUT2D eigenvalue weighted by atomic mass is 9.93. The van der Waals surface area contributed by atoms with E-state index in [0.717, 1.165) is 44.1 Å². The maximum Gasteiger partial charge on any atom is 0.194 e. The SMILES string of the molecule is COc1ccc(N[C@H](c2ccccc2)[C@H](OCc2c3ccccc3cc3ccccc23)C(=O)c2ccccc2)cc1. The zero-order chi connectivity index (χ0) is 28.0. The van der Waals surface area contributed by atoms with Crippen molar-refractivity contribution in [2.24, 2.45) is 0 Å². The minimum atomic E-state index is -0.806. The van der Waals surface area contributed by atoms with Crippen molar-refractivity contribution in [1.29, 1.82) is 0 Å². The molecule has 0 amide bonds. The van der Waals surface area contributed by atoms with Crippen molar-refractivity contribution in [3.8, 4) is 5.75 Å². The predicted octanol–water partition coefficient (Wildman–Crippen LogP) is 8.62. The molecule has 6 rings (SSSR count). The molecule has 0 saturated heterocycles. The first-order chi connectivity index (χ1) is 20.2. The Kier molecular flexibility index (Phi) is 7.74. The lowest BCUT2D eigenvalue weighted by Crippen LogP contribution is -2.35. The van der Waals surface area contributed by atoms with Gasteiger partial charge in [0.2, 0.25) is 0 Å². The molecule has 0 saturated carbocycles. The van der Waals surface area contributed by atoms with E-state index in [0.29, 0.717) is 5.56 Å². The summed E-state index contributed by atoms with van der Waals surface area (Å²) in [5.41, 5.74) is 3.50. The highest BCUT2D eigenvalue weighted by Gasteiger charge is 2.32. The Hall–Kier alpha value is -4.93. The fourth-order valence-electron chi connectivity index (χ4n) is 5.39. The van der Waals surface area contributed by atoms with E-state index in [1.54, 1.807) is 7.11 Å². The summed E-state index contributed by atoms with van der Waals surface area (Å²) in [7, 11) is 1.65. The number of fused-ring (bicyclic) bond motifs is 2. The van der Waals surface area contributed by atoms with Gasteiger partial charge in [0.05, 0.1) is 19.8 Å². The van der Waals surface area contributed by atoms with Gasteiger partial charge < -0.3 is 14.8 Å². The van der Waals surface area contributed by atoms with E-state index in [1.165, 1.54) is 0 Å². The highest BCUT2D eigenvalue weighted by atomic mass is 16.5. The Balaban J connectivity index is 1.44. The van der Waals surface area contributed by atoms with Crippen LogP contribution in [-0.2, 0) is 11.3 Å². The number of Topliss-reactive ketones (excluding diaryl/α,β-unsaturated/α-hetero) is 1. The number of ketones is 1. The second-order valence-corrected chi connectivity index (χ2v) is 10.0. The molecule has 0 aliphatic heterocycles. The second-order valence-electron chi connectivity index (χ2n) is 10.0. The molecule has 0 radical (unpaired) electrons. The zero-order valence-corrected chi connectivity index (χ0v) is 22.9. The second kappa shape index (κ2) is 12.1. The minimum Gasteiger partial charge on any atom is -0.497 e. The molecule has 41 heavy (non-hydrogen) atoms. The molecule has 0 unspecified atom stereocenters. The van der Waals surface area contributed by atoms with Gasteiger partial charge in [0.25, 0.3) is 0 Å². The molecule has 1 N–H and O–H groups in total. The van der Waals surface area contributed by atoms with Crippen LogP contribution in [0.1, 0.15) is 27.5 Å². The number of rotatable bonds is 10. The van der Waals surface area contributed by atoms with Gasteiger partial charge in [-0.05, 0) is 63.0 Å². The van der Waals surface area contributed by atoms with Crippen molar-refractivity contribution in [2.75, 3.05) is 12.4 Å². The van der Waals surface area contributed by atoms with E-state index in [4.69, 9.17) is 9.47 Å². The average Bonchev–Trinajstić information content (AvgIpc) is 3.04. The van der Waals surface area contributed by atoms with E-state index < -0.39 is 12.1 Å². The Morgan fingerprint density at radius 1 is 0.683 bits per heavy atom. The molecule has 0 fully saturated rings. The molecule has 4 heteroatoms. The number of hydrogen-bond acceptors (Lipinski definition) is 4. The van der Waals surface area contributed by atoms with Gasteiger partial charge in [-0.3, -0.25) is 4.79 Å². The van der Waals surface area contributed by atoms with Crippen LogP contribution < -0.4 is 10.1 Å². The third kappa shape index (κ3) is 5.69. The third-order valence-corrected chi connectivity index (χ3v) is 7.48. The highest BCUT2D eigenvalue weighted by molar-refractivity contribution is 6.02. The molecule has 0 aliphatic rings. The number of ether oxygens (including phenoxy) is 2. The summed E-state index contributed by atoms with van der Waals surface area (Å²) in [6, 6.07) is 45.6. The standard InChI is InChI=1S/C37H31NO3/c1-40-31-22-20-30(21-23-31)38-35(26-12-4-2-5-13-26)37(36(39)27-14-6-3-7-15-27)41-25-34-32-18-10-8-16-28(32)24-29-17-9-11-19-33(29)34/h2-24,35,37-38H,25H2,1H3/t35-,37+/m1/s1. The van der Waals surface area contributed by atoms with Gasteiger partial charge in [-0.15, -0.1) is 0 Å². The van der Waals surface area contributed by atoms with E-state index in [-0.39, 0.29) is 12.4 Å². The molecular formula is C37H31NO3. The molecule has 4 nitrogen and oxygen atoms in total. The molecule has 0 spiro atoms. The molecule has 0 bridgehead atoms. The number of methoxy groups -OCH3 is 1. The summed E-state index contributed by atoms with van der Waals surface area (Å²) >= 11 is 0. The molecule has 6 aromatic carbocycles.